The highest BCUT2D eigenvalue weighted by Gasteiger charge is 2.26. The van der Waals surface area contributed by atoms with Crippen LogP contribution in [0.15, 0.2) is 16.6 Å². The summed E-state index contributed by atoms with van der Waals surface area (Å²) < 4.78 is 5.91. The Balaban J connectivity index is 3.23. The third-order valence-corrected chi connectivity index (χ3v) is 3.46. The molecule has 2 atom stereocenters. The summed E-state index contributed by atoms with van der Waals surface area (Å²) in [5.74, 6) is -0.0121. The first-order valence-corrected chi connectivity index (χ1v) is 6.98. The number of aliphatic hydroxyl groups is 2. The SMILES string of the molecule is CCC(C)(O)COc1c([C@H](C)O)cc(Br)cc1[N+](=O)[O-]. The third kappa shape index (κ3) is 4.16. The number of benzene rings is 1. The Morgan fingerprint density at radius 3 is 2.60 bits per heavy atom. The molecule has 6 nitrogen and oxygen atoms in total. The first-order chi connectivity index (χ1) is 9.18. The standard InChI is InChI=1S/C13H18BrNO5/c1-4-13(3,17)7-20-12-10(8(2)16)5-9(14)6-11(12)15(18)19/h5-6,8,16-17H,4,7H2,1-3H3/t8-,13?/m0/s1. The zero-order valence-corrected chi connectivity index (χ0v) is 13.2. The largest absolute Gasteiger partial charge is 0.484 e. The van der Waals surface area contributed by atoms with Crippen molar-refractivity contribution in [1.82, 2.24) is 0 Å². The Labute approximate surface area is 125 Å². The molecule has 0 bridgehead atoms. The van der Waals surface area contributed by atoms with Gasteiger partial charge in [0.15, 0.2) is 0 Å². The third-order valence-electron chi connectivity index (χ3n) is 3.00. The first kappa shape index (κ1) is 16.9. The van der Waals surface area contributed by atoms with E-state index in [0.29, 0.717) is 16.5 Å². The molecule has 0 fully saturated rings. The molecule has 0 radical (unpaired) electrons. The van der Waals surface area contributed by atoms with Gasteiger partial charge in [-0.25, -0.2) is 0 Å². The molecule has 0 spiro atoms. The van der Waals surface area contributed by atoms with Crippen LogP contribution in [-0.4, -0.2) is 27.3 Å². The van der Waals surface area contributed by atoms with Crippen molar-refractivity contribution in [2.45, 2.75) is 38.9 Å². The lowest BCUT2D eigenvalue weighted by atomic mass is 10.0. The monoisotopic (exact) mass is 347 g/mol. The Bertz CT molecular complexity index is 502. The molecule has 0 aliphatic heterocycles. The zero-order chi connectivity index (χ0) is 15.5. The lowest BCUT2D eigenvalue weighted by Crippen LogP contribution is -2.31. The van der Waals surface area contributed by atoms with Gasteiger partial charge in [-0.2, -0.15) is 0 Å². The van der Waals surface area contributed by atoms with Gasteiger partial charge >= 0.3 is 5.69 Å². The summed E-state index contributed by atoms with van der Waals surface area (Å²) in [6.07, 6.45) is -0.478. The van der Waals surface area contributed by atoms with E-state index in [1.165, 1.54) is 13.0 Å². The fraction of sp³-hybridized carbons (Fsp3) is 0.538. The highest BCUT2D eigenvalue weighted by Crippen LogP contribution is 2.38. The Morgan fingerprint density at radius 2 is 2.15 bits per heavy atom. The first-order valence-electron chi connectivity index (χ1n) is 6.19. The van der Waals surface area contributed by atoms with E-state index < -0.39 is 16.6 Å². The summed E-state index contributed by atoms with van der Waals surface area (Å²) in [6, 6.07) is 2.87. The molecule has 0 aromatic heterocycles. The van der Waals surface area contributed by atoms with E-state index in [4.69, 9.17) is 4.74 Å². The van der Waals surface area contributed by atoms with Gasteiger partial charge in [-0.05, 0) is 26.3 Å². The highest BCUT2D eigenvalue weighted by molar-refractivity contribution is 9.10. The number of rotatable bonds is 6. The number of nitro benzene ring substituents is 1. The van der Waals surface area contributed by atoms with Crippen molar-refractivity contribution >= 4 is 21.6 Å². The molecule has 112 valence electrons. The average Bonchev–Trinajstić information content (AvgIpc) is 2.36. The number of aliphatic hydroxyl groups excluding tert-OH is 1. The minimum Gasteiger partial charge on any atom is -0.484 e. The van der Waals surface area contributed by atoms with Crippen LogP contribution in [0.5, 0.6) is 5.75 Å². The molecule has 0 heterocycles. The Kier molecular flexibility index (Phi) is 5.50. The molecule has 0 saturated carbocycles. The van der Waals surface area contributed by atoms with Gasteiger partial charge in [0, 0.05) is 16.1 Å². The summed E-state index contributed by atoms with van der Waals surface area (Å²) in [5.41, 5.74) is -1.03. The van der Waals surface area contributed by atoms with Crippen LogP contribution in [0.3, 0.4) is 0 Å². The molecule has 1 rings (SSSR count). The molecule has 1 aromatic rings. The lowest BCUT2D eigenvalue weighted by Gasteiger charge is -2.23. The van der Waals surface area contributed by atoms with E-state index in [2.05, 4.69) is 15.9 Å². The molecule has 1 aromatic carbocycles. The number of nitro groups is 1. The Hall–Kier alpha value is -1.18. The lowest BCUT2D eigenvalue weighted by molar-refractivity contribution is -0.386. The molecular weight excluding hydrogens is 330 g/mol. The van der Waals surface area contributed by atoms with Gasteiger partial charge in [-0.3, -0.25) is 10.1 Å². The predicted octanol–water partition coefficient (Wildman–Crippen LogP) is 2.95. The highest BCUT2D eigenvalue weighted by atomic mass is 79.9. The van der Waals surface area contributed by atoms with Gasteiger partial charge in [0.25, 0.3) is 0 Å². The molecule has 7 heteroatoms. The van der Waals surface area contributed by atoms with Crippen molar-refractivity contribution in [3.8, 4) is 5.75 Å². The van der Waals surface area contributed by atoms with E-state index in [-0.39, 0.29) is 18.0 Å². The van der Waals surface area contributed by atoms with Gasteiger partial charge in [0.05, 0.1) is 16.6 Å². The molecule has 20 heavy (non-hydrogen) atoms. The molecule has 2 N–H and O–H groups in total. The Morgan fingerprint density at radius 1 is 1.55 bits per heavy atom. The normalized spacial score (nSPS) is 15.5. The van der Waals surface area contributed by atoms with Crippen molar-refractivity contribution in [2.75, 3.05) is 6.61 Å². The summed E-state index contributed by atoms with van der Waals surface area (Å²) in [7, 11) is 0. The van der Waals surface area contributed by atoms with E-state index >= 15 is 0 Å². The number of hydrogen-bond acceptors (Lipinski definition) is 5. The summed E-state index contributed by atoms with van der Waals surface area (Å²) in [4.78, 5) is 10.5. The van der Waals surface area contributed by atoms with Crippen LogP contribution in [0.25, 0.3) is 0 Å². The van der Waals surface area contributed by atoms with Gasteiger partial charge in [0.1, 0.15) is 6.61 Å². The summed E-state index contributed by atoms with van der Waals surface area (Å²) >= 11 is 3.17. The number of halogens is 1. The minimum absolute atomic E-state index is 0.0121. The second kappa shape index (κ2) is 6.51. The quantitative estimate of drug-likeness (QED) is 0.609. The van der Waals surface area contributed by atoms with E-state index in [9.17, 15) is 20.3 Å². The summed E-state index contributed by atoms with van der Waals surface area (Å²) in [5, 5.41) is 30.8. The predicted molar refractivity (Wildman–Crippen MR) is 77.8 cm³/mol. The van der Waals surface area contributed by atoms with Crippen LogP contribution in [0.2, 0.25) is 0 Å². The second-order valence-electron chi connectivity index (χ2n) is 4.92. The topological polar surface area (TPSA) is 92.8 Å². The van der Waals surface area contributed by atoms with Crippen LogP contribution in [0.4, 0.5) is 5.69 Å². The van der Waals surface area contributed by atoms with Crippen molar-refractivity contribution < 1.29 is 19.9 Å². The van der Waals surface area contributed by atoms with Gasteiger partial charge in [-0.1, -0.05) is 22.9 Å². The zero-order valence-electron chi connectivity index (χ0n) is 11.6. The molecule has 0 saturated heterocycles. The van der Waals surface area contributed by atoms with Gasteiger partial charge in [0.2, 0.25) is 5.75 Å². The van der Waals surface area contributed by atoms with Gasteiger partial charge < -0.3 is 14.9 Å². The van der Waals surface area contributed by atoms with Crippen molar-refractivity contribution in [1.29, 1.82) is 0 Å². The van der Waals surface area contributed by atoms with Crippen molar-refractivity contribution in [2.24, 2.45) is 0 Å². The van der Waals surface area contributed by atoms with Crippen LogP contribution in [-0.2, 0) is 0 Å². The fourth-order valence-corrected chi connectivity index (χ4v) is 2.00. The maximum atomic E-state index is 11.1. The molecular formula is C13H18BrNO5. The van der Waals surface area contributed by atoms with Crippen LogP contribution < -0.4 is 4.74 Å². The van der Waals surface area contributed by atoms with E-state index in [1.807, 2.05) is 0 Å². The van der Waals surface area contributed by atoms with Crippen molar-refractivity contribution in [3.63, 3.8) is 0 Å². The van der Waals surface area contributed by atoms with Crippen LogP contribution >= 0.6 is 15.9 Å². The average molecular weight is 348 g/mol. The second-order valence-corrected chi connectivity index (χ2v) is 5.83. The maximum absolute atomic E-state index is 11.1. The molecule has 0 aliphatic carbocycles. The molecule has 1 unspecified atom stereocenters. The van der Waals surface area contributed by atoms with E-state index in [1.54, 1.807) is 19.9 Å². The maximum Gasteiger partial charge on any atom is 0.312 e. The fourth-order valence-electron chi connectivity index (χ4n) is 1.53. The minimum atomic E-state index is -1.09. The number of nitrogens with zero attached hydrogens (tertiary/aromatic N) is 1. The smallest absolute Gasteiger partial charge is 0.312 e. The van der Waals surface area contributed by atoms with E-state index in [0.717, 1.165) is 0 Å². The van der Waals surface area contributed by atoms with Crippen molar-refractivity contribution in [3.05, 3.63) is 32.3 Å². The van der Waals surface area contributed by atoms with Crippen LogP contribution in [0, 0.1) is 10.1 Å². The van der Waals surface area contributed by atoms with Gasteiger partial charge in [-0.15, -0.1) is 0 Å². The van der Waals surface area contributed by atoms with Crippen LogP contribution in [0.1, 0.15) is 38.9 Å². The molecule has 0 amide bonds. The number of hydrogen-bond donors (Lipinski definition) is 2. The molecule has 0 aliphatic rings. The summed E-state index contributed by atoms with van der Waals surface area (Å²) in [6.45, 7) is 4.77. The number of ether oxygens (including phenoxy) is 1.